The molecule has 0 spiro atoms. The van der Waals surface area contributed by atoms with Gasteiger partial charge in [0.15, 0.2) is 5.84 Å². The van der Waals surface area contributed by atoms with Crippen LogP contribution in [-0.2, 0) is 10.0 Å². The number of aryl methyl sites for hydroxylation is 1. The van der Waals surface area contributed by atoms with Gasteiger partial charge in [0.2, 0.25) is 0 Å². The quantitative estimate of drug-likeness (QED) is 0.303. The third-order valence-corrected chi connectivity index (χ3v) is 5.19. The number of sulfonamides is 1. The number of nitro benzene ring substituents is 1. The van der Waals surface area contributed by atoms with Crippen molar-refractivity contribution in [3.05, 3.63) is 100 Å². The second-order valence-electron chi connectivity index (χ2n) is 6.03. The van der Waals surface area contributed by atoms with E-state index in [1.54, 1.807) is 48.5 Å². The Morgan fingerprint density at radius 2 is 1.64 bits per heavy atom. The Morgan fingerprint density at radius 3 is 2.29 bits per heavy atom. The molecule has 0 aliphatic heterocycles. The molecule has 142 valence electrons. The number of benzene rings is 3. The van der Waals surface area contributed by atoms with Crippen LogP contribution in [0.4, 0.5) is 11.4 Å². The molecule has 0 aliphatic carbocycles. The van der Waals surface area contributed by atoms with Gasteiger partial charge in [-0.15, -0.1) is 4.40 Å². The largest absolute Gasteiger partial charge is 0.339 e. The van der Waals surface area contributed by atoms with E-state index < -0.39 is 14.9 Å². The highest BCUT2D eigenvalue weighted by Gasteiger charge is 2.16. The average Bonchev–Trinajstić information content (AvgIpc) is 2.68. The lowest BCUT2D eigenvalue weighted by atomic mass is 10.2. The maximum absolute atomic E-state index is 12.8. The number of non-ortho nitro benzene ring substituents is 1. The third-order valence-electron chi connectivity index (χ3n) is 3.90. The van der Waals surface area contributed by atoms with Crippen LogP contribution in [0.2, 0.25) is 0 Å². The molecule has 0 radical (unpaired) electrons. The van der Waals surface area contributed by atoms with E-state index in [2.05, 4.69) is 9.71 Å². The first-order valence-corrected chi connectivity index (χ1v) is 9.78. The fourth-order valence-corrected chi connectivity index (χ4v) is 3.44. The van der Waals surface area contributed by atoms with Crippen molar-refractivity contribution in [1.82, 2.24) is 0 Å². The summed E-state index contributed by atoms with van der Waals surface area (Å²) in [6.07, 6.45) is 0. The van der Waals surface area contributed by atoms with Crippen LogP contribution in [-0.4, -0.2) is 19.2 Å². The van der Waals surface area contributed by atoms with Crippen LogP contribution in [0, 0.1) is 17.0 Å². The van der Waals surface area contributed by atoms with Gasteiger partial charge in [0, 0.05) is 23.4 Å². The Hall–Kier alpha value is -3.52. The monoisotopic (exact) mass is 395 g/mol. The highest BCUT2D eigenvalue weighted by molar-refractivity contribution is 7.90. The zero-order chi connectivity index (χ0) is 20.1. The summed E-state index contributed by atoms with van der Waals surface area (Å²) in [6.45, 7) is 1.86. The van der Waals surface area contributed by atoms with Crippen LogP contribution in [0.15, 0.2) is 88.2 Å². The topological polar surface area (TPSA) is 102 Å². The van der Waals surface area contributed by atoms with Crippen LogP contribution in [0.3, 0.4) is 0 Å². The highest BCUT2D eigenvalue weighted by atomic mass is 32.2. The van der Waals surface area contributed by atoms with Gasteiger partial charge in [-0.05, 0) is 25.1 Å². The summed E-state index contributed by atoms with van der Waals surface area (Å²) in [7, 11) is -3.98. The third kappa shape index (κ3) is 4.60. The molecule has 0 saturated heterocycles. The predicted molar refractivity (Wildman–Crippen MR) is 108 cm³/mol. The van der Waals surface area contributed by atoms with Crippen LogP contribution in [0.5, 0.6) is 0 Å². The molecule has 8 heteroatoms. The summed E-state index contributed by atoms with van der Waals surface area (Å²) in [5.41, 5.74) is 1.71. The molecule has 3 aromatic rings. The minimum Gasteiger partial charge on any atom is -0.339 e. The van der Waals surface area contributed by atoms with Gasteiger partial charge in [-0.3, -0.25) is 10.1 Å². The van der Waals surface area contributed by atoms with Crippen molar-refractivity contribution < 1.29 is 13.3 Å². The molecule has 0 unspecified atom stereocenters. The fraction of sp³-hybridized carbons (Fsp3) is 0.0500. The molecule has 0 aliphatic rings. The van der Waals surface area contributed by atoms with Gasteiger partial charge in [0.05, 0.1) is 9.82 Å². The molecule has 0 amide bonds. The van der Waals surface area contributed by atoms with Gasteiger partial charge in [0.1, 0.15) is 0 Å². The highest BCUT2D eigenvalue weighted by Crippen LogP contribution is 2.20. The molecule has 3 rings (SSSR count). The van der Waals surface area contributed by atoms with Gasteiger partial charge in [0.25, 0.3) is 15.7 Å². The number of hydrogen-bond donors (Lipinski definition) is 1. The van der Waals surface area contributed by atoms with Crippen molar-refractivity contribution >= 4 is 27.2 Å². The molecule has 0 fully saturated rings. The van der Waals surface area contributed by atoms with Crippen molar-refractivity contribution in [1.29, 1.82) is 0 Å². The van der Waals surface area contributed by atoms with E-state index in [0.29, 0.717) is 11.3 Å². The normalized spacial score (nSPS) is 11.8. The van der Waals surface area contributed by atoms with E-state index >= 15 is 0 Å². The van der Waals surface area contributed by atoms with Crippen molar-refractivity contribution in [3.8, 4) is 0 Å². The van der Waals surface area contributed by atoms with E-state index in [0.717, 1.165) is 5.56 Å². The van der Waals surface area contributed by atoms with Crippen molar-refractivity contribution in [2.75, 3.05) is 5.32 Å². The van der Waals surface area contributed by atoms with Crippen LogP contribution >= 0.6 is 0 Å². The smallest absolute Gasteiger partial charge is 0.284 e. The summed E-state index contributed by atoms with van der Waals surface area (Å²) in [4.78, 5) is 10.5. The second kappa shape index (κ2) is 8.01. The van der Waals surface area contributed by atoms with Gasteiger partial charge in [-0.2, -0.15) is 8.42 Å². The number of anilines is 1. The molecule has 7 nitrogen and oxygen atoms in total. The van der Waals surface area contributed by atoms with Gasteiger partial charge >= 0.3 is 0 Å². The molecular weight excluding hydrogens is 378 g/mol. The summed E-state index contributed by atoms with van der Waals surface area (Å²) in [6, 6.07) is 20.8. The summed E-state index contributed by atoms with van der Waals surface area (Å²) in [5, 5.41) is 13.9. The Bertz CT molecular complexity index is 1130. The minimum atomic E-state index is -3.98. The first-order chi connectivity index (χ1) is 13.3. The lowest BCUT2D eigenvalue weighted by molar-refractivity contribution is -0.384. The van der Waals surface area contributed by atoms with Crippen molar-refractivity contribution in [2.24, 2.45) is 4.40 Å². The molecule has 0 bridgehead atoms. The molecule has 0 heterocycles. The Balaban J connectivity index is 2.05. The lowest BCUT2D eigenvalue weighted by Crippen LogP contribution is -2.16. The van der Waals surface area contributed by atoms with E-state index in [1.807, 2.05) is 6.92 Å². The van der Waals surface area contributed by atoms with Crippen LogP contribution in [0.25, 0.3) is 0 Å². The molecule has 1 N–H and O–H groups in total. The van der Waals surface area contributed by atoms with E-state index in [9.17, 15) is 18.5 Å². The number of rotatable bonds is 5. The summed E-state index contributed by atoms with van der Waals surface area (Å²) < 4.78 is 29.5. The first-order valence-electron chi connectivity index (χ1n) is 8.34. The molecule has 28 heavy (non-hydrogen) atoms. The number of amidine groups is 1. The van der Waals surface area contributed by atoms with E-state index in [1.165, 1.54) is 30.3 Å². The zero-order valence-electron chi connectivity index (χ0n) is 14.9. The molecule has 0 atom stereocenters. The zero-order valence-corrected chi connectivity index (χ0v) is 15.8. The Labute approximate surface area is 162 Å². The maximum atomic E-state index is 12.8. The van der Waals surface area contributed by atoms with Crippen LogP contribution in [0.1, 0.15) is 11.1 Å². The minimum absolute atomic E-state index is 0.0624. The van der Waals surface area contributed by atoms with Gasteiger partial charge in [-0.25, -0.2) is 0 Å². The van der Waals surface area contributed by atoms with Gasteiger partial charge in [-0.1, -0.05) is 54.1 Å². The number of nitrogens with one attached hydrogen (secondary N) is 1. The lowest BCUT2D eigenvalue weighted by Gasteiger charge is -2.11. The van der Waals surface area contributed by atoms with Crippen LogP contribution < -0.4 is 5.32 Å². The average molecular weight is 395 g/mol. The summed E-state index contributed by atoms with van der Waals surface area (Å²) in [5.74, 6) is 0.0710. The van der Waals surface area contributed by atoms with E-state index in [4.69, 9.17) is 0 Å². The first kappa shape index (κ1) is 19.2. The molecular formula is C20H17N3O4S. The summed E-state index contributed by atoms with van der Waals surface area (Å²) >= 11 is 0. The van der Waals surface area contributed by atoms with Crippen molar-refractivity contribution in [2.45, 2.75) is 11.8 Å². The Morgan fingerprint density at radius 1 is 0.964 bits per heavy atom. The number of nitrogens with zero attached hydrogens (tertiary/aromatic N) is 2. The SMILES string of the molecule is Cc1ccc(S(=O)(=O)/N=C(/Nc2cccc([N+](=O)[O-])c2)c2ccccc2)cc1. The number of nitro groups is 1. The number of hydrogen-bond acceptors (Lipinski definition) is 4. The van der Waals surface area contributed by atoms with E-state index in [-0.39, 0.29) is 16.4 Å². The Kier molecular flexibility index (Phi) is 5.51. The maximum Gasteiger partial charge on any atom is 0.284 e. The standard InChI is InChI=1S/C20H17N3O4S/c1-15-10-12-19(13-11-15)28(26,27)22-20(16-6-3-2-4-7-16)21-17-8-5-9-18(14-17)23(24)25/h2-14H,1H3,(H,21,22). The molecule has 0 aromatic heterocycles. The fourth-order valence-electron chi connectivity index (χ4n) is 2.46. The van der Waals surface area contributed by atoms with Crippen molar-refractivity contribution in [3.63, 3.8) is 0 Å². The molecule has 3 aromatic carbocycles. The second-order valence-corrected chi connectivity index (χ2v) is 7.63. The van der Waals surface area contributed by atoms with Gasteiger partial charge < -0.3 is 5.32 Å². The molecule has 0 saturated carbocycles. The predicted octanol–water partition coefficient (Wildman–Crippen LogP) is 4.15.